The zero-order chi connectivity index (χ0) is 17.2. The van der Waals surface area contributed by atoms with Gasteiger partial charge in [-0.2, -0.15) is 0 Å². The second kappa shape index (κ2) is 6.91. The van der Waals surface area contributed by atoms with Gasteiger partial charge in [-0.25, -0.2) is 4.98 Å². The molecule has 2 heterocycles. The van der Waals surface area contributed by atoms with Crippen molar-refractivity contribution in [1.29, 1.82) is 0 Å². The lowest BCUT2D eigenvalue weighted by atomic mass is 9.75. The monoisotopic (exact) mass is 330 g/mol. The highest BCUT2D eigenvalue weighted by atomic mass is 16.5. The molecule has 1 aromatic rings. The molecule has 1 atom stereocenters. The SMILES string of the molecule is C=Cn1c(C(=C)C)cnc1C1(NC(=O)C2CNCCOC2)CCC1. The molecule has 1 aromatic heterocycles. The number of carbonyl (C=O) groups excluding carboxylic acids is 1. The van der Waals surface area contributed by atoms with Gasteiger partial charge in [0.15, 0.2) is 0 Å². The van der Waals surface area contributed by atoms with Crippen molar-refractivity contribution in [2.24, 2.45) is 5.92 Å². The standard InChI is InChI=1S/C18H26N4O2/c1-4-22-15(13(2)3)11-20-17(22)18(6-5-7-18)21-16(23)14-10-19-8-9-24-12-14/h4,11,14,19H,1-2,5-10,12H2,3H3,(H,21,23). The minimum absolute atomic E-state index is 0.0274. The Labute approximate surface area is 143 Å². The molecule has 1 amide bonds. The normalized spacial score (nSPS) is 23.0. The number of hydrogen-bond donors (Lipinski definition) is 2. The fourth-order valence-electron chi connectivity index (χ4n) is 3.36. The molecule has 24 heavy (non-hydrogen) atoms. The van der Waals surface area contributed by atoms with Crippen LogP contribution < -0.4 is 10.6 Å². The number of allylic oxidation sites excluding steroid dienone is 1. The van der Waals surface area contributed by atoms with E-state index in [0.717, 1.165) is 42.9 Å². The molecular formula is C18H26N4O2. The van der Waals surface area contributed by atoms with Gasteiger partial charge >= 0.3 is 0 Å². The Kier molecular flexibility index (Phi) is 4.87. The van der Waals surface area contributed by atoms with Crippen molar-refractivity contribution in [1.82, 2.24) is 20.2 Å². The fourth-order valence-corrected chi connectivity index (χ4v) is 3.36. The predicted octanol–water partition coefficient (Wildman–Crippen LogP) is 1.75. The second-order valence-corrected chi connectivity index (χ2v) is 6.70. The number of hydrogen-bond acceptors (Lipinski definition) is 4. The molecule has 2 aliphatic rings. The van der Waals surface area contributed by atoms with Crippen molar-refractivity contribution < 1.29 is 9.53 Å². The van der Waals surface area contributed by atoms with Gasteiger partial charge in [-0.3, -0.25) is 4.79 Å². The summed E-state index contributed by atoms with van der Waals surface area (Å²) in [6, 6.07) is 0. The number of carbonyl (C=O) groups is 1. The molecule has 0 bridgehead atoms. The van der Waals surface area contributed by atoms with E-state index in [1.165, 1.54) is 0 Å². The van der Waals surface area contributed by atoms with Crippen LogP contribution >= 0.6 is 0 Å². The summed E-state index contributed by atoms with van der Waals surface area (Å²) < 4.78 is 7.46. The Hall–Kier alpha value is -1.92. The van der Waals surface area contributed by atoms with Crippen molar-refractivity contribution in [3.05, 3.63) is 30.9 Å². The van der Waals surface area contributed by atoms with Gasteiger partial charge in [0.05, 0.1) is 36.6 Å². The maximum absolute atomic E-state index is 12.8. The summed E-state index contributed by atoms with van der Waals surface area (Å²) in [6.07, 6.45) is 6.41. The van der Waals surface area contributed by atoms with Crippen molar-refractivity contribution in [2.45, 2.75) is 31.7 Å². The highest BCUT2D eigenvalue weighted by Gasteiger charge is 2.44. The first kappa shape index (κ1) is 16.9. The highest BCUT2D eigenvalue weighted by molar-refractivity contribution is 5.80. The Bertz CT molecular complexity index is 637. The lowest BCUT2D eigenvalue weighted by Crippen LogP contribution is -2.55. The van der Waals surface area contributed by atoms with E-state index < -0.39 is 5.54 Å². The summed E-state index contributed by atoms with van der Waals surface area (Å²) in [5.41, 5.74) is 1.45. The van der Waals surface area contributed by atoms with Crippen LogP contribution in [0.2, 0.25) is 0 Å². The molecule has 1 saturated carbocycles. The lowest BCUT2D eigenvalue weighted by molar-refractivity contribution is -0.129. The molecule has 6 nitrogen and oxygen atoms in total. The van der Waals surface area contributed by atoms with E-state index >= 15 is 0 Å². The van der Waals surface area contributed by atoms with Crippen LogP contribution in [0, 0.1) is 5.92 Å². The topological polar surface area (TPSA) is 68.2 Å². The molecule has 1 aliphatic heterocycles. The Morgan fingerprint density at radius 1 is 1.58 bits per heavy atom. The Balaban J connectivity index is 1.83. The van der Waals surface area contributed by atoms with Crippen LogP contribution in [0.5, 0.6) is 0 Å². The first-order valence-electron chi connectivity index (χ1n) is 8.54. The third kappa shape index (κ3) is 3.03. The van der Waals surface area contributed by atoms with E-state index in [0.29, 0.717) is 19.8 Å². The Morgan fingerprint density at radius 2 is 2.38 bits per heavy atom. The van der Waals surface area contributed by atoms with E-state index in [-0.39, 0.29) is 11.8 Å². The maximum atomic E-state index is 12.8. The van der Waals surface area contributed by atoms with Crippen LogP contribution in [0.15, 0.2) is 19.4 Å². The Morgan fingerprint density at radius 3 is 3.00 bits per heavy atom. The number of ether oxygens (including phenoxy) is 1. The van der Waals surface area contributed by atoms with Gasteiger partial charge in [-0.05, 0) is 31.8 Å². The van der Waals surface area contributed by atoms with Gasteiger partial charge in [0.1, 0.15) is 5.82 Å². The largest absolute Gasteiger partial charge is 0.379 e. The molecule has 1 unspecified atom stereocenters. The zero-order valence-electron chi connectivity index (χ0n) is 14.3. The second-order valence-electron chi connectivity index (χ2n) is 6.70. The van der Waals surface area contributed by atoms with Gasteiger partial charge in [0.25, 0.3) is 0 Å². The molecule has 1 aliphatic carbocycles. The number of imidazole rings is 1. The van der Waals surface area contributed by atoms with Gasteiger partial charge in [0, 0.05) is 19.3 Å². The minimum Gasteiger partial charge on any atom is -0.379 e. The van der Waals surface area contributed by atoms with E-state index in [9.17, 15) is 4.79 Å². The molecule has 6 heteroatoms. The number of amides is 1. The van der Waals surface area contributed by atoms with E-state index in [1.54, 1.807) is 6.20 Å². The summed E-state index contributed by atoms with van der Waals surface area (Å²) in [5, 5.41) is 6.50. The van der Waals surface area contributed by atoms with Crippen LogP contribution in [-0.4, -0.2) is 41.8 Å². The molecule has 130 valence electrons. The smallest absolute Gasteiger partial charge is 0.227 e. The van der Waals surface area contributed by atoms with Gasteiger partial charge in [-0.15, -0.1) is 0 Å². The van der Waals surface area contributed by atoms with Crippen molar-refractivity contribution in [2.75, 3.05) is 26.3 Å². The number of nitrogens with one attached hydrogen (secondary N) is 2. The maximum Gasteiger partial charge on any atom is 0.227 e. The molecule has 0 radical (unpaired) electrons. The van der Waals surface area contributed by atoms with Gasteiger partial charge in [-0.1, -0.05) is 13.2 Å². The van der Waals surface area contributed by atoms with E-state index in [1.807, 2.05) is 17.7 Å². The van der Waals surface area contributed by atoms with Crippen molar-refractivity contribution in [3.63, 3.8) is 0 Å². The summed E-state index contributed by atoms with van der Waals surface area (Å²) in [6.45, 7) is 12.4. The van der Waals surface area contributed by atoms with Gasteiger partial charge in [0.2, 0.25) is 5.91 Å². The first-order valence-corrected chi connectivity index (χ1v) is 8.54. The lowest BCUT2D eigenvalue weighted by Gasteiger charge is -2.42. The van der Waals surface area contributed by atoms with Crippen LogP contribution in [0.4, 0.5) is 0 Å². The van der Waals surface area contributed by atoms with Crippen LogP contribution in [-0.2, 0) is 15.1 Å². The summed E-state index contributed by atoms with van der Waals surface area (Å²) in [4.78, 5) is 17.3. The average molecular weight is 330 g/mol. The predicted molar refractivity (Wildman–Crippen MR) is 94.2 cm³/mol. The van der Waals surface area contributed by atoms with E-state index in [4.69, 9.17) is 4.74 Å². The van der Waals surface area contributed by atoms with Crippen molar-refractivity contribution >= 4 is 17.7 Å². The minimum atomic E-state index is -0.411. The van der Waals surface area contributed by atoms with Crippen LogP contribution in [0.25, 0.3) is 11.8 Å². The molecule has 0 spiro atoms. The molecule has 2 fully saturated rings. The molecule has 0 aromatic carbocycles. The van der Waals surface area contributed by atoms with Crippen LogP contribution in [0.3, 0.4) is 0 Å². The first-order chi connectivity index (χ1) is 11.6. The van der Waals surface area contributed by atoms with Gasteiger partial charge < -0.3 is 19.9 Å². The van der Waals surface area contributed by atoms with E-state index in [2.05, 4.69) is 28.8 Å². The average Bonchev–Trinajstić information content (AvgIpc) is 2.76. The number of rotatable bonds is 5. The number of nitrogens with zero attached hydrogens (tertiary/aromatic N) is 2. The molecule has 3 rings (SSSR count). The molecule has 2 N–H and O–H groups in total. The third-order valence-electron chi connectivity index (χ3n) is 4.92. The zero-order valence-corrected chi connectivity index (χ0v) is 14.3. The number of aromatic nitrogens is 2. The highest BCUT2D eigenvalue weighted by Crippen LogP contribution is 2.41. The summed E-state index contributed by atoms with van der Waals surface area (Å²) >= 11 is 0. The molecular weight excluding hydrogens is 304 g/mol. The summed E-state index contributed by atoms with van der Waals surface area (Å²) in [5.74, 6) is 0.704. The van der Waals surface area contributed by atoms with Crippen LogP contribution in [0.1, 0.15) is 37.7 Å². The fraction of sp³-hybridized carbons (Fsp3) is 0.556. The molecule has 1 saturated heterocycles. The third-order valence-corrected chi connectivity index (χ3v) is 4.92. The summed E-state index contributed by atoms with van der Waals surface area (Å²) in [7, 11) is 0. The van der Waals surface area contributed by atoms with Crippen molar-refractivity contribution in [3.8, 4) is 0 Å². The quantitative estimate of drug-likeness (QED) is 0.863.